The molecule has 3 N–H and O–H groups in total. The second-order valence-corrected chi connectivity index (χ2v) is 4.84. The van der Waals surface area contributed by atoms with Crippen LogP contribution in [0.2, 0.25) is 5.02 Å². The van der Waals surface area contributed by atoms with Gasteiger partial charge in [0.1, 0.15) is 11.5 Å². The lowest BCUT2D eigenvalue weighted by Gasteiger charge is -2.15. The van der Waals surface area contributed by atoms with Crippen LogP contribution in [0.5, 0.6) is 11.5 Å². The molecule has 3 nitrogen and oxygen atoms in total. The van der Waals surface area contributed by atoms with E-state index in [0.717, 1.165) is 5.56 Å². The molecule has 2 aromatic rings. The van der Waals surface area contributed by atoms with Crippen LogP contribution in [0, 0.1) is 0 Å². The van der Waals surface area contributed by atoms with Gasteiger partial charge in [-0.15, -0.1) is 0 Å². The minimum atomic E-state index is 0.0442. The molecule has 0 heterocycles. The van der Waals surface area contributed by atoms with Gasteiger partial charge in [0.25, 0.3) is 0 Å². The van der Waals surface area contributed by atoms with Gasteiger partial charge in [-0.2, -0.15) is 0 Å². The van der Waals surface area contributed by atoms with E-state index in [1.807, 2.05) is 13.0 Å². The predicted octanol–water partition coefficient (Wildman–Crippen LogP) is 3.60. The summed E-state index contributed by atoms with van der Waals surface area (Å²) in [5, 5.41) is 23.0. The topological polar surface area (TPSA) is 52.5 Å². The van der Waals surface area contributed by atoms with Crippen molar-refractivity contribution in [3.63, 3.8) is 0 Å². The number of phenols is 2. The molecule has 0 fully saturated rings. The van der Waals surface area contributed by atoms with Crippen LogP contribution in [0.3, 0.4) is 0 Å². The summed E-state index contributed by atoms with van der Waals surface area (Å²) in [7, 11) is 0. The third kappa shape index (κ3) is 3.40. The van der Waals surface area contributed by atoms with Crippen LogP contribution in [0.1, 0.15) is 24.1 Å². The molecular weight excluding hydrogens is 262 g/mol. The normalized spacial score (nSPS) is 12.3. The van der Waals surface area contributed by atoms with Crippen LogP contribution < -0.4 is 5.32 Å². The van der Waals surface area contributed by atoms with Crippen molar-refractivity contribution in [3.8, 4) is 11.5 Å². The Bertz CT molecular complexity index is 552. The number of aromatic hydroxyl groups is 2. The third-order valence-electron chi connectivity index (χ3n) is 3.05. The van der Waals surface area contributed by atoms with E-state index >= 15 is 0 Å². The lowest BCUT2D eigenvalue weighted by Crippen LogP contribution is -2.18. The molecule has 2 aromatic carbocycles. The highest BCUT2D eigenvalue weighted by Crippen LogP contribution is 2.26. The van der Waals surface area contributed by atoms with E-state index in [2.05, 4.69) is 5.32 Å². The highest BCUT2D eigenvalue weighted by Gasteiger charge is 2.09. The number of hydrogen-bond acceptors (Lipinski definition) is 3. The molecule has 0 amide bonds. The summed E-state index contributed by atoms with van der Waals surface area (Å²) in [4.78, 5) is 0. The highest BCUT2D eigenvalue weighted by atomic mass is 35.5. The first-order valence-corrected chi connectivity index (χ1v) is 6.44. The van der Waals surface area contributed by atoms with Crippen molar-refractivity contribution in [2.45, 2.75) is 19.5 Å². The Kier molecular flexibility index (Phi) is 4.30. The maximum atomic E-state index is 9.75. The van der Waals surface area contributed by atoms with E-state index in [1.165, 1.54) is 0 Å². The number of phenolic OH excluding ortho intramolecular Hbond substituents is 2. The molecule has 2 rings (SSSR count). The van der Waals surface area contributed by atoms with Gasteiger partial charge in [-0.1, -0.05) is 29.8 Å². The SMILES string of the molecule is CC(NCc1c(O)cccc1Cl)c1cccc(O)c1. The molecule has 0 aliphatic rings. The molecule has 0 aromatic heterocycles. The lowest BCUT2D eigenvalue weighted by atomic mass is 10.1. The van der Waals surface area contributed by atoms with Gasteiger partial charge in [-0.3, -0.25) is 0 Å². The van der Waals surface area contributed by atoms with Gasteiger partial charge < -0.3 is 15.5 Å². The van der Waals surface area contributed by atoms with Crippen molar-refractivity contribution in [3.05, 3.63) is 58.6 Å². The van der Waals surface area contributed by atoms with E-state index in [-0.39, 0.29) is 17.5 Å². The average molecular weight is 278 g/mol. The fraction of sp³-hybridized carbons (Fsp3) is 0.200. The molecule has 1 atom stereocenters. The molecular formula is C15H16ClNO2. The van der Waals surface area contributed by atoms with E-state index < -0.39 is 0 Å². The molecule has 100 valence electrons. The molecule has 0 radical (unpaired) electrons. The van der Waals surface area contributed by atoms with Gasteiger partial charge in [0, 0.05) is 23.2 Å². The summed E-state index contributed by atoms with van der Waals surface area (Å²) in [6, 6.07) is 12.2. The third-order valence-corrected chi connectivity index (χ3v) is 3.40. The summed E-state index contributed by atoms with van der Waals surface area (Å²) in [5.74, 6) is 0.426. The Morgan fingerprint density at radius 1 is 1.16 bits per heavy atom. The van der Waals surface area contributed by atoms with Crippen LogP contribution >= 0.6 is 11.6 Å². The Hall–Kier alpha value is -1.71. The van der Waals surface area contributed by atoms with Crippen molar-refractivity contribution in [2.75, 3.05) is 0 Å². The lowest BCUT2D eigenvalue weighted by molar-refractivity contribution is 0.458. The average Bonchev–Trinajstić information content (AvgIpc) is 2.38. The summed E-state index contributed by atoms with van der Waals surface area (Å²) >= 11 is 6.04. The van der Waals surface area contributed by atoms with Crippen molar-refractivity contribution in [1.82, 2.24) is 5.32 Å². The van der Waals surface area contributed by atoms with Gasteiger partial charge >= 0.3 is 0 Å². The zero-order valence-corrected chi connectivity index (χ0v) is 11.4. The molecule has 0 aliphatic heterocycles. The molecule has 0 saturated carbocycles. The second kappa shape index (κ2) is 5.95. The molecule has 0 spiro atoms. The molecule has 0 saturated heterocycles. The summed E-state index contributed by atoms with van der Waals surface area (Å²) < 4.78 is 0. The highest BCUT2D eigenvalue weighted by molar-refractivity contribution is 6.31. The summed E-state index contributed by atoms with van der Waals surface area (Å²) in [6.45, 7) is 2.45. The Morgan fingerprint density at radius 2 is 1.89 bits per heavy atom. The van der Waals surface area contributed by atoms with Crippen LogP contribution in [0.25, 0.3) is 0 Å². The van der Waals surface area contributed by atoms with E-state index in [0.29, 0.717) is 17.1 Å². The van der Waals surface area contributed by atoms with Crippen molar-refractivity contribution >= 4 is 11.6 Å². The number of rotatable bonds is 4. The monoisotopic (exact) mass is 277 g/mol. The van der Waals surface area contributed by atoms with Crippen LogP contribution in [0.4, 0.5) is 0 Å². The van der Waals surface area contributed by atoms with Gasteiger partial charge in [0.2, 0.25) is 0 Å². The van der Waals surface area contributed by atoms with Crippen LogP contribution in [-0.2, 0) is 6.54 Å². The van der Waals surface area contributed by atoms with Crippen molar-refractivity contribution in [1.29, 1.82) is 0 Å². The second-order valence-electron chi connectivity index (χ2n) is 4.44. The number of hydrogen-bond donors (Lipinski definition) is 3. The Morgan fingerprint density at radius 3 is 2.58 bits per heavy atom. The van der Waals surface area contributed by atoms with Crippen LogP contribution in [-0.4, -0.2) is 10.2 Å². The molecule has 0 bridgehead atoms. The van der Waals surface area contributed by atoms with Gasteiger partial charge in [0.15, 0.2) is 0 Å². The molecule has 1 unspecified atom stereocenters. The Labute approximate surface area is 117 Å². The minimum Gasteiger partial charge on any atom is -0.508 e. The quantitative estimate of drug-likeness (QED) is 0.800. The Balaban J connectivity index is 2.06. The fourth-order valence-electron chi connectivity index (χ4n) is 1.89. The number of benzene rings is 2. The standard InChI is InChI=1S/C15H16ClNO2/c1-10(11-4-2-5-12(18)8-11)17-9-13-14(16)6-3-7-15(13)19/h2-8,10,17-19H,9H2,1H3. The van der Waals surface area contributed by atoms with Gasteiger partial charge in [-0.25, -0.2) is 0 Å². The molecule has 19 heavy (non-hydrogen) atoms. The van der Waals surface area contributed by atoms with Crippen molar-refractivity contribution < 1.29 is 10.2 Å². The van der Waals surface area contributed by atoms with E-state index in [1.54, 1.807) is 36.4 Å². The first-order chi connectivity index (χ1) is 9.08. The minimum absolute atomic E-state index is 0.0442. The van der Waals surface area contributed by atoms with Crippen molar-refractivity contribution in [2.24, 2.45) is 0 Å². The van der Waals surface area contributed by atoms with E-state index in [4.69, 9.17) is 11.6 Å². The number of nitrogens with one attached hydrogen (secondary N) is 1. The summed E-state index contributed by atoms with van der Waals surface area (Å²) in [6.07, 6.45) is 0. The maximum absolute atomic E-state index is 9.75. The zero-order chi connectivity index (χ0) is 13.8. The van der Waals surface area contributed by atoms with Gasteiger partial charge in [-0.05, 0) is 36.8 Å². The zero-order valence-electron chi connectivity index (χ0n) is 10.6. The molecule has 0 aliphatic carbocycles. The van der Waals surface area contributed by atoms with Gasteiger partial charge in [0.05, 0.1) is 0 Å². The first kappa shape index (κ1) is 13.7. The molecule has 4 heteroatoms. The smallest absolute Gasteiger partial charge is 0.121 e. The van der Waals surface area contributed by atoms with E-state index in [9.17, 15) is 10.2 Å². The largest absolute Gasteiger partial charge is 0.508 e. The fourth-order valence-corrected chi connectivity index (χ4v) is 2.13. The predicted molar refractivity (Wildman–Crippen MR) is 76.5 cm³/mol. The summed E-state index contributed by atoms with van der Waals surface area (Å²) in [5.41, 5.74) is 1.66. The number of halogens is 1. The maximum Gasteiger partial charge on any atom is 0.121 e. The first-order valence-electron chi connectivity index (χ1n) is 6.06. The van der Waals surface area contributed by atoms with Crippen LogP contribution in [0.15, 0.2) is 42.5 Å².